The number of benzene rings is 1. The predicted molar refractivity (Wildman–Crippen MR) is 79.0 cm³/mol. The van der Waals surface area contributed by atoms with Crippen LogP contribution in [-0.2, 0) is 21.8 Å². The fraction of sp³-hybridized carbons (Fsp3) is 0.467. The van der Waals surface area contributed by atoms with E-state index in [1.807, 2.05) is 12.1 Å². The molecule has 0 radical (unpaired) electrons. The maximum atomic E-state index is 5.96. The monoisotopic (exact) mass is 297 g/mol. The second kappa shape index (κ2) is 6.59. The number of hydrogen-bond donors (Lipinski definition) is 0. The summed E-state index contributed by atoms with van der Waals surface area (Å²) in [7, 11) is 1.67. The van der Waals surface area contributed by atoms with Gasteiger partial charge in [0, 0.05) is 12.1 Å². The van der Waals surface area contributed by atoms with Crippen LogP contribution in [0, 0.1) is 0 Å². The minimum Gasteiger partial charge on any atom is -0.497 e. The average molecular weight is 298 g/mol. The third kappa shape index (κ3) is 2.69. The van der Waals surface area contributed by atoms with Gasteiger partial charge >= 0.3 is 0 Å². The SMILES string of the molecule is C=C.COc1ccc2c(c1)C1(CN(CCl)C2)OCCO1. The Morgan fingerprint density at radius 1 is 1.35 bits per heavy atom. The Bertz CT molecular complexity index is 460. The summed E-state index contributed by atoms with van der Waals surface area (Å²) in [5.74, 6) is 0.156. The zero-order valence-corrected chi connectivity index (χ0v) is 12.5. The topological polar surface area (TPSA) is 30.9 Å². The number of alkyl halides is 1. The van der Waals surface area contributed by atoms with E-state index in [9.17, 15) is 0 Å². The van der Waals surface area contributed by atoms with Gasteiger partial charge in [-0.3, -0.25) is 4.90 Å². The number of halogens is 1. The van der Waals surface area contributed by atoms with Gasteiger partial charge in [-0.1, -0.05) is 6.07 Å². The molecule has 0 amide bonds. The molecule has 0 bridgehead atoms. The van der Waals surface area contributed by atoms with E-state index in [1.54, 1.807) is 7.11 Å². The quantitative estimate of drug-likeness (QED) is 0.477. The van der Waals surface area contributed by atoms with Crippen LogP contribution in [0.4, 0.5) is 0 Å². The van der Waals surface area contributed by atoms with Crippen molar-refractivity contribution in [2.24, 2.45) is 0 Å². The van der Waals surface area contributed by atoms with E-state index >= 15 is 0 Å². The molecule has 0 unspecified atom stereocenters. The smallest absolute Gasteiger partial charge is 0.208 e. The van der Waals surface area contributed by atoms with Crippen molar-refractivity contribution in [3.63, 3.8) is 0 Å². The maximum absolute atomic E-state index is 5.96. The second-order valence-corrected chi connectivity index (χ2v) is 4.82. The molecule has 0 atom stereocenters. The van der Waals surface area contributed by atoms with Crippen LogP contribution >= 0.6 is 11.6 Å². The van der Waals surface area contributed by atoms with Gasteiger partial charge in [0.2, 0.25) is 5.79 Å². The van der Waals surface area contributed by atoms with Crippen molar-refractivity contribution in [3.05, 3.63) is 42.5 Å². The number of fused-ring (bicyclic) bond motifs is 2. The van der Waals surface area contributed by atoms with Crippen LogP contribution in [0.3, 0.4) is 0 Å². The molecule has 2 aliphatic heterocycles. The molecule has 1 aromatic carbocycles. The van der Waals surface area contributed by atoms with Gasteiger partial charge in [0.25, 0.3) is 0 Å². The van der Waals surface area contributed by atoms with E-state index in [4.69, 9.17) is 25.8 Å². The fourth-order valence-corrected chi connectivity index (χ4v) is 2.81. The normalized spacial score (nSPS) is 20.1. The van der Waals surface area contributed by atoms with E-state index in [2.05, 4.69) is 24.1 Å². The van der Waals surface area contributed by atoms with Crippen molar-refractivity contribution in [2.45, 2.75) is 12.3 Å². The van der Waals surface area contributed by atoms with Crippen molar-refractivity contribution >= 4 is 11.6 Å². The predicted octanol–water partition coefficient (Wildman–Crippen LogP) is 2.71. The highest BCUT2D eigenvalue weighted by Crippen LogP contribution is 2.40. The van der Waals surface area contributed by atoms with Crippen molar-refractivity contribution < 1.29 is 14.2 Å². The van der Waals surface area contributed by atoms with Gasteiger partial charge in [-0.15, -0.1) is 24.8 Å². The molecule has 4 nitrogen and oxygen atoms in total. The minimum atomic E-state index is -0.670. The van der Waals surface area contributed by atoms with Crippen LogP contribution in [0.15, 0.2) is 31.4 Å². The van der Waals surface area contributed by atoms with Gasteiger partial charge in [-0.2, -0.15) is 0 Å². The van der Waals surface area contributed by atoms with Gasteiger partial charge in [0.1, 0.15) is 5.75 Å². The number of rotatable bonds is 2. The summed E-state index contributed by atoms with van der Waals surface area (Å²) in [6.45, 7) is 8.72. The molecule has 2 aliphatic rings. The molecule has 3 rings (SSSR count). The van der Waals surface area contributed by atoms with Crippen LogP contribution < -0.4 is 4.74 Å². The number of nitrogens with zero attached hydrogens (tertiary/aromatic N) is 1. The maximum Gasteiger partial charge on any atom is 0.208 e. The number of hydrogen-bond acceptors (Lipinski definition) is 4. The highest BCUT2D eigenvalue weighted by Gasteiger charge is 2.44. The van der Waals surface area contributed by atoms with Crippen LogP contribution in [0.5, 0.6) is 5.75 Å². The standard InChI is InChI=1S/C13H16ClNO3.C2H4/c1-16-11-3-2-10-7-15(9-14)8-13(12(10)6-11)17-4-5-18-13;1-2/h2-3,6H,4-5,7-9H2,1H3;1-2H2. The molecular formula is C15H20ClNO3. The Morgan fingerprint density at radius 3 is 2.65 bits per heavy atom. The first-order chi connectivity index (χ1) is 9.77. The van der Waals surface area contributed by atoms with Gasteiger partial charge in [-0.05, 0) is 17.7 Å². The van der Waals surface area contributed by atoms with E-state index in [-0.39, 0.29) is 0 Å². The summed E-state index contributed by atoms with van der Waals surface area (Å²) in [4.78, 5) is 2.11. The second-order valence-electron chi connectivity index (χ2n) is 4.58. The van der Waals surface area contributed by atoms with Gasteiger partial charge in [-0.25, -0.2) is 0 Å². The first-order valence-electron chi connectivity index (χ1n) is 6.51. The third-order valence-electron chi connectivity index (χ3n) is 3.48. The molecule has 0 aromatic heterocycles. The van der Waals surface area contributed by atoms with Gasteiger partial charge < -0.3 is 14.2 Å². The first kappa shape index (κ1) is 15.3. The Morgan fingerprint density at radius 2 is 2.05 bits per heavy atom. The zero-order valence-electron chi connectivity index (χ0n) is 11.7. The van der Waals surface area contributed by atoms with E-state index in [0.29, 0.717) is 25.8 Å². The van der Waals surface area contributed by atoms with Crippen LogP contribution in [-0.4, -0.2) is 37.8 Å². The van der Waals surface area contributed by atoms with Gasteiger partial charge in [0.05, 0.1) is 32.9 Å². The lowest BCUT2D eigenvalue weighted by atomic mass is 9.94. The molecule has 1 spiro atoms. The van der Waals surface area contributed by atoms with Crippen LogP contribution in [0.25, 0.3) is 0 Å². The molecule has 0 saturated carbocycles. The minimum absolute atomic E-state index is 0.472. The van der Waals surface area contributed by atoms with Crippen molar-refractivity contribution in [2.75, 3.05) is 32.9 Å². The molecule has 1 fully saturated rings. The molecule has 1 aromatic rings. The van der Waals surface area contributed by atoms with Crippen molar-refractivity contribution in [3.8, 4) is 5.75 Å². The molecular weight excluding hydrogens is 278 g/mol. The van der Waals surface area contributed by atoms with E-state index < -0.39 is 5.79 Å². The van der Waals surface area contributed by atoms with Crippen LogP contribution in [0.1, 0.15) is 11.1 Å². The lowest BCUT2D eigenvalue weighted by Crippen LogP contribution is -2.46. The average Bonchev–Trinajstić information content (AvgIpc) is 2.98. The molecule has 0 N–H and O–H groups in total. The summed E-state index contributed by atoms with van der Waals surface area (Å²) in [5, 5.41) is 0. The molecule has 110 valence electrons. The Kier molecular flexibility index (Phi) is 5.05. The highest BCUT2D eigenvalue weighted by molar-refractivity contribution is 6.17. The molecule has 20 heavy (non-hydrogen) atoms. The summed E-state index contributed by atoms with van der Waals surface area (Å²) in [6.07, 6.45) is 0. The molecule has 2 heterocycles. The van der Waals surface area contributed by atoms with E-state index in [0.717, 1.165) is 17.9 Å². The summed E-state index contributed by atoms with van der Waals surface area (Å²) in [6, 6.07) is 6.49. The largest absolute Gasteiger partial charge is 0.497 e. The first-order valence-corrected chi connectivity index (χ1v) is 7.04. The van der Waals surface area contributed by atoms with E-state index in [1.165, 1.54) is 5.56 Å². The lowest BCUT2D eigenvalue weighted by molar-refractivity contribution is -0.185. The Hall–Kier alpha value is -1.07. The third-order valence-corrected chi connectivity index (χ3v) is 3.81. The highest BCUT2D eigenvalue weighted by atomic mass is 35.5. The number of methoxy groups -OCH3 is 1. The fourth-order valence-electron chi connectivity index (χ4n) is 2.64. The lowest BCUT2D eigenvalue weighted by Gasteiger charge is -2.39. The van der Waals surface area contributed by atoms with Crippen molar-refractivity contribution in [1.29, 1.82) is 0 Å². The zero-order chi connectivity index (χ0) is 14.6. The summed E-state index contributed by atoms with van der Waals surface area (Å²) >= 11 is 5.96. The molecule has 5 heteroatoms. The number of ether oxygens (including phenoxy) is 3. The molecule has 0 aliphatic carbocycles. The van der Waals surface area contributed by atoms with Crippen molar-refractivity contribution in [1.82, 2.24) is 4.90 Å². The summed E-state index contributed by atoms with van der Waals surface area (Å²) in [5.41, 5.74) is 2.25. The van der Waals surface area contributed by atoms with Crippen LogP contribution in [0.2, 0.25) is 0 Å². The van der Waals surface area contributed by atoms with Gasteiger partial charge in [0.15, 0.2) is 0 Å². The Labute approximate surface area is 124 Å². The molecule has 1 saturated heterocycles. The Balaban J connectivity index is 0.000000704. The summed E-state index contributed by atoms with van der Waals surface area (Å²) < 4.78 is 17.0.